The summed E-state index contributed by atoms with van der Waals surface area (Å²) in [7, 11) is 2.89. The topological polar surface area (TPSA) is 61.3 Å². The molecule has 0 aliphatic heterocycles. The minimum Gasteiger partial charge on any atom is -0.481 e. The summed E-state index contributed by atoms with van der Waals surface area (Å²) in [6.07, 6.45) is 1.65. The Morgan fingerprint density at radius 1 is 1.35 bits per heavy atom. The van der Waals surface area contributed by atoms with Crippen LogP contribution >= 0.6 is 11.3 Å². The molecular weight excluding hydrogens is 240 g/mol. The van der Waals surface area contributed by atoms with Crippen molar-refractivity contribution in [1.82, 2.24) is 9.97 Å². The molecule has 0 N–H and O–H groups in total. The van der Waals surface area contributed by atoms with E-state index in [1.807, 2.05) is 6.07 Å². The average Bonchev–Trinajstić information content (AvgIpc) is 2.87. The number of carbonyl (C=O) groups excluding carboxylic acids is 1. The van der Waals surface area contributed by atoms with Crippen molar-refractivity contribution in [2.75, 3.05) is 14.2 Å². The highest BCUT2D eigenvalue weighted by molar-refractivity contribution is 7.13. The maximum Gasteiger partial charge on any atom is 0.357 e. The lowest BCUT2D eigenvalue weighted by Crippen LogP contribution is -2.00. The number of carbonyl (C=O) groups is 1. The van der Waals surface area contributed by atoms with Gasteiger partial charge in [0, 0.05) is 23.2 Å². The Hall–Kier alpha value is -1.95. The van der Waals surface area contributed by atoms with Crippen molar-refractivity contribution in [3.8, 4) is 16.5 Å². The highest BCUT2D eigenvalue weighted by Crippen LogP contribution is 2.24. The van der Waals surface area contributed by atoms with E-state index in [0.717, 1.165) is 10.6 Å². The largest absolute Gasteiger partial charge is 0.481 e. The lowest BCUT2D eigenvalue weighted by molar-refractivity contribution is 0.0595. The van der Waals surface area contributed by atoms with Crippen LogP contribution in [-0.4, -0.2) is 30.2 Å². The van der Waals surface area contributed by atoms with Crippen LogP contribution in [0.3, 0.4) is 0 Å². The monoisotopic (exact) mass is 250 g/mol. The van der Waals surface area contributed by atoms with Crippen molar-refractivity contribution in [1.29, 1.82) is 0 Å². The molecule has 2 aromatic rings. The van der Waals surface area contributed by atoms with E-state index in [9.17, 15) is 4.79 Å². The Balaban J connectivity index is 2.27. The smallest absolute Gasteiger partial charge is 0.357 e. The van der Waals surface area contributed by atoms with Gasteiger partial charge in [0.2, 0.25) is 5.88 Å². The number of esters is 1. The summed E-state index contributed by atoms with van der Waals surface area (Å²) in [6.45, 7) is 0. The number of aromatic nitrogens is 2. The van der Waals surface area contributed by atoms with Gasteiger partial charge >= 0.3 is 5.97 Å². The third-order valence-electron chi connectivity index (χ3n) is 2.09. The second-order valence-corrected chi connectivity index (χ2v) is 3.98. The van der Waals surface area contributed by atoms with Gasteiger partial charge in [-0.15, -0.1) is 11.3 Å². The van der Waals surface area contributed by atoms with Crippen LogP contribution in [0.5, 0.6) is 5.88 Å². The van der Waals surface area contributed by atoms with E-state index in [4.69, 9.17) is 4.74 Å². The molecule has 5 nitrogen and oxygen atoms in total. The molecule has 0 amide bonds. The van der Waals surface area contributed by atoms with Gasteiger partial charge in [-0.3, -0.25) is 0 Å². The zero-order valence-corrected chi connectivity index (χ0v) is 10.2. The quantitative estimate of drug-likeness (QED) is 0.780. The molecule has 0 radical (unpaired) electrons. The van der Waals surface area contributed by atoms with Crippen molar-refractivity contribution in [3.05, 3.63) is 29.4 Å². The van der Waals surface area contributed by atoms with E-state index >= 15 is 0 Å². The Kier molecular flexibility index (Phi) is 3.34. The molecule has 88 valence electrons. The number of rotatable bonds is 3. The summed E-state index contributed by atoms with van der Waals surface area (Å²) in [6, 6.07) is 3.58. The number of nitrogens with zero attached hydrogens (tertiary/aromatic N) is 2. The Morgan fingerprint density at radius 3 is 2.76 bits per heavy atom. The molecule has 0 spiro atoms. The van der Waals surface area contributed by atoms with E-state index in [2.05, 4.69) is 14.7 Å². The number of hydrogen-bond donors (Lipinski definition) is 0. The second-order valence-electron chi connectivity index (χ2n) is 3.12. The summed E-state index contributed by atoms with van der Waals surface area (Å²) in [5, 5.41) is 2.38. The molecule has 0 aromatic carbocycles. The first-order chi connectivity index (χ1) is 8.24. The third kappa shape index (κ3) is 2.42. The highest BCUT2D eigenvalue weighted by Gasteiger charge is 2.11. The molecule has 0 atom stereocenters. The molecule has 0 saturated carbocycles. The molecule has 0 aliphatic carbocycles. The van der Waals surface area contributed by atoms with E-state index in [1.165, 1.54) is 18.4 Å². The van der Waals surface area contributed by atoms with Crippen molar-refractivity contribution >= 4 is 17.3 Å². The number of pyridine rings is 1. The molecule has 0 unspecified atom stereocenters. The summed E-state index contributed by atoms with van der Waals surface area (Å²) in [4.78, 5) is 19.5. The van der Waals surface area contributed by atoms with Gasteiger partial charge in [-0.1, -0.05) is 0 Å². The van der Waals surface area contributed by atoms with Crippen LogP contribution < -0.4 is 4.74 Å². The molecular formula is C11H10N2O3S. The fourth-order valence-electron chi connectivity index (χ4n) is 1.23. The molecule has 17 heavy (non-hydrogen) atoms. The maximum absolute atomic E-state index is 11.2. The highest BCUT2D eigenvalue weighted by atomic mass is 32.1. The molecule has 0 fully saturated rings. The Morgan fingerprint density at radius 2 is 2.18 bits per heavy atom. The van der Waals surface area contributed by atoms with Crippen LogP contribution in [0.1, 0.15) is 10.5 Å². The lowest BCUT2D eigenvalue weighted by atomic mass is 10.3. The van der Waals surface area contributed by atoms with Gasteiger partial charge in [-0.05, 0) is 6.07 Å². The van der Waals surface area contributed by atoms with Crippen LogP contribution in [0, 0.1) is 0 Å². The van der Waals surface area contributed by atoms with Gasteiger partial charge in [0.15, 0.2) is 5.69 Å². The first-order valence-corrected chi connectivity index (χ1v) is 5.67. The molecule has 0 saturated heterocycles. The second kappa shape index (κ2) is 4.92. The third-order valence-corrected chi connectivity index (χ3v) is 2.98. The van der Waals surface area contributed by atoms with Crippen LogP contribution in [-0.2, 0) is 4.74 Å². The normalized spacial score (nSPS) is 10.0. The van der Waals surface area contributed by atoms with Crippen LogP contribution in [0.25, 0.3) is 10.6 Å². The van der Waals surface area contributed by atoms with Crippen LogP contribution in [0.15, 0.2) is 23.7 Å². The summed E-state index contributed by atoms with van der Waals surface area (Å²) in [5.41, 5.74) is 1.15. The van der Waals surface area contributed by atoms with Crippen molar-refractivity contribution < 1.29 is 14.3 Å². The molecule has 0 bridgehead atoms. The van der Waals surface area contributed by atoms with Gasteiger partial charge in [0.05, 0.1) is 14.2 Å². The standard InChI is InChI=1S/C11H10N2O3S/c1-15-9-4-3-7(5-12-9)10-13-8(6-17-10)11(14)16-2/h3-6H,1-2H3. The molecule has 2 aromatic heterocycles. The summed E-state index contributed by atoms with van der Waals surface area (Å²) < 4.78 is 9.56. The molecule has 2 rings (SSSR count). The average molecular weight is 250 g/mol. The lowest BCUT2D eigenvalue weighted by Gasteiger charge is -1.98. The number of thiazole rings is 1. The van der Waals surface area contributed by atoms with Gasteiger partial charge in [0.25, 0.3) is 0 Å². The first kappa shape index (κ1) is 11.5. The fourth-order valence-corrected chi connectivity index (χ4v) is 2.01. The SMILES string of the molecule is COC(=O)c1csc(-c2ccc(OC)nc2)n1. The van der Waals surface area contributed by atoms with E-state index in [-0.39, 0.29) is 0 Å². The van der Waals surface area contributed by atoms with Gasteiger partial charge in [-0.25, -0.2) is 14.8 Å². The van der Waals surface area contributed by atoms with Crippen LogP contribution in [0.2, 0.25) is 0 Å². The van der Waals surface area contributed by atoms with Gasteiger partial charge in [0.1, 0.15) is 5.01 Å². The van der Waals surface area contributed by atoms with Crippen molar-refractivity contribution in [2.45, 2.75) is 0 Å². The molecule has 6 heteroatoms. The van der Waals surface area contributed by atoms with Crippen LogP contribution in [0.4, 0.5) is 0 Å². The zero-order chi connectivity index (χ0) is 12.3. The van der Waals surface area contributed by atoms with E-state index in [0.29, 0.717) is 11.6 Å². The minimum absolute atomic E-state index is 0.309. The Bertz CT molecular complexity index is 522. The minimum atomic E-state index is -0.436. The van der Waals surface area contributed by atoms with E-state index < -0.39 is 5.97 Å². The van der Waals surface area contributed by atoms with Crippen molar-refractivity contribution in [2.24, 2.45) is 0 Å². The molecule has 2 heterocycles. The number of methoxy groups -OCH3 is 2. The molecule has 0 aliphatic rings. The fraction of sp³-hybridized carbons (Fsp3) is 0.182. The number of hydrogen-bond acceptors (Lipinski definition) is 6. The predicted molar refractivity (Wildman–Crippen MR) is 63.2 cm³/mol. The Labute approximate surface area is 102 Å². The zero-order valence-electron chi connectivity index (χ0n) is 9.34. The van der Waals surface area contributed by atoms with Gasteiger partial charge < -0.3 is 9.47 Å². The number of ether oxygens (including phenoxy) is 2. The summed E-state index contributed by atoms with van der Waals surface area (Å²) >= 11 is 1.37. The van der Waals surface area contributed by atoms with Crippen molar-refractivity contribution in [3.63, 3.8) is 0 Å². The maximum atomic E-state index is 11.2. The van der Waals surface area contributed by atoms with E-state index in [1.54, 1.807) is 24.8 Å². The first-order valence-electron chi connectivity index (χ1n) is 4.79. The van der Waals surface area contributed by atoms with Gasteiger partial charge in [-0.2, -0.15) is 0 Å². The predicted octanol–water partition coefficient (Wildman–Crippen LogP) is 2.00. The summed E-state index contributed by atoms with van der Waals surface area (Å²) in [5.74, 6) is 0.104.